The summed E-state index contributed by atoms with van der Waals surface area (Å²) in [5.74, 6) is 0.563. The molecule has 1 N–H and O–H groups in total. The number of hydrogen-bond acceptors (Lipinski definition) is 5. The molecule has 31 heavy (non-hydrogen) atoms. The Kier molecular flexibility index (Phi) is 6.62. The maximum absolute atomic E-state index is 12.9. The molecule has 0 radical (unpaired) electrons. The molecule has 1 fully saturated rings. The highest BCUT2D eigenvalue weighted by atomic mass is 35.5. The number of carbonyl (C=O) groups is 2. The Hall–Kier alpha value is -3.19. The summed E-state index contributed by atoms with van der Waals surface area (Å²) in [6, 6.07) is 14.2. The lowest BCUT2D eigenvalue weighted by Crippen LogP contribution is -2.36. The van der Waals surface area contributed by atoms with E-state index >= 15 is 0 Å². The summed E-state index contributed by atoms with van der Waals surface area (Å²) >= 11 is 5.90. The second-order valence-electron chi connectivity index (χ2n) is 7.47. The van der Waals surface area contributed by atoms with Gasteiger partial charge in [0, 0.05) is 36.5 Å². The molecule has 4 rings (SSSR count). The van der Waals surface area contributed by atoms with E-state index in [-0.39, 0.29) is 18.2 Å². The van der Waals surface area contributed by atoms with Crippen LogP contribution in [0.2, 0.25) is 5.02 Å². The first-order chi connectivity index (χ1) is 15.1. The zero-order valence-electron chi connectivity index (χ0n) is 17.0. The molecule has 7 nitrogen and oxygen atoms in total. The Labute approximate surface area is 185 Å². The molecule has 1 aromatic heterocycles. The lowest BCUT2D eigenvalue weighted by molar-refractivity contribution is -0.116. The molecule has 1 aliphatic heterocycles. The molecule has 8 heteroatoms. The van der Waals surface area contributed by atoms with Crippen molar-refractivity contribution in [3.8, 4) is 11.4 Å². The lowest BCUT2D eigenvalue weighted by atomic mass is 10.1. The summed E-state index contributed by atoms with van der Waals surface area (Å²) in [4.78, 5) is 31.6. The van der Waals surface area contributed by atoms with Gasteiger partial charge in [-0.25, -0.2) is 0 Å². The third-order valence-electron chi connectivity index (χ3n) is 5.21. The molecule has 2 amide bonds. The van der Waals surface area contributed by atoms with Crippen LogP contribution in [-0.4, -0.2) is 39.9 Å². The Balaban J connectivity index is 1.36. The molecule has 0 aliphatic carbocycles. The minimum Gasteiger partial charge on any atom is -0.339 e. The maximum atomic E-state index is 12.9. The van der Waals surface area contributed by atoms with Gasteiger partial charge >= 0.3 is 0 Å². The van der Waals surface area contributed by atoms with Crippen LogP contribution in [0.15, 0.2) is 53.1 Å². The van der Waals surface area contributed by atoms with Crippen molar-refractivity contribution >= 4 is 29.1 Å². The average Bonchev–Trinajstić information content (AvgIpc) is 3.28. The van der Waals surface area contributed by atoms with Gasteiger partial charge in [-0.05, 0) is 55.7 Å². The summed E-state index contributed by atoms with van der Waals surface area (Å²) in [5, 5.41) is 7.44. The highest BCUT2D eigenvalue weighted by Gasteiger charge is 2.21. The number of anilines is 1. The fourth-order valence-electron chi connectivity index (χ4n) is 3.55. The van der Waals surface area contributed by atoms with Crippen molar-refractivity contribution in [1.82, 2.24) is 15.0 Å². The third kappa shape index (κ3) is 5.30. The molecule has 1 saturated heterocycles. The minimum atomic E-state index is -0.217. The first-order valence-electron chi connectivity index (χ1n) is 10.4. The highest BCUT2D eigenvalue weighted by Crippen LogP contribution is 2.21. The van der Waals surface area contributed by atoms with Crippen LogP contribution >= 0.6 is 11.6 Å². The van der Waals surface area contributed by atoms with Crippen LogP contribution in [0.4, 0.5) is 5.69 Å². The third-order valence-corrected chi connectivity index (χ3v) is 5.46. The quantitative estimate of drug-likeness (QED) is 0.608. The van der Waals surface area contributed by atoms with Crippen LogP contribution in [0.25, 0.3) is 11.4 Å². The van der Waals surface area contributed by atoms with Crippen molar-refractivity contribution in [2.75, 3.05) is 18.4 Å². The second kappa shape index (κ2) is 9.75. The number of para-hydroxylation sites is 1. The molecule has 0 unspecified atom stereocenters. The van der Waals surface area contributed by atoms with E-state index in [1.807, 2.05) is 11.0 Å². The fraction of sp³-hybridized carbons (Fsp3) is 0.304. The molecule has 160 valence electrons. The van der Waals surface area contributed by atoms with Crippen LogP contribution in [0, 0.1) is 0 Å². The van der Waals surface area contributed by atoms with E-state index in [0.29, 0.717) is 34.4 Å². The molecule has 0 atom stereocenters. The zero-order chi connectivity index (χ0) is 21.6. The van der Waals surface area contributed by atoms with Crippen molar-refractivity contribution in [2.24, 2.45) is 0 Å². The molecular weight excluding hydrogens is 416 g/mol. The predicted molar refractivity (Wildman–Crippen MR) is 118 cm³/mol. The van der Waals surface area contributed by atoms with Gasteiger partial charge in [-0.3, -0.25) is 9.59 Å². The van der Waals surface area contributed by atoms with E-state index in [4.69, 9.17) is 16.1 Å². The number of likely N-dealkylation sites (tertiary alicyclic amines) is 1. The molecular formula is C23H23ClN4O3. The first kappa shape index (κ1) is 21.1. The number of nitrogens with zero attached hydrogens (tertiary/aromatic N) is 3. The monoisotopic (exact) mass is 438 g/mol. The van der Waals surface area contributed by atoms with E-state index in [1.54, 1.807) is 42.5 Å². The van der Waals surface area contributed by atoms with Crippen LogP contribution in [-0.2, 0) is 11.2 Å². The number of amides is 2. The van der Waals surface area contributed by atoms with E-state index in [2.05, 4.69) is 15.5 Å². The average molecular weight is 439 g/mol. The zero-order valence-corrected chi connectivity index (χ0v) is 17.8. The van der Waals surface area contributed by atoms with Gasteiger partial charge in [0.05, 0.1) is 11.3 Å². The van der Waals surface area contributed by atoms with Gasteiger partial charge in [0.15, 0.2) is 0 Å². The Morgan fingerprint density at radius 2 is 1.77 bits per heavy atom. The lowest BCUT2D eigenvalue weighted by Gasteiger charge is -2.27. The standard InChI is InChI=1S/C23H23ClN4O3/c24-17-10-8-16(9-11-17)22-26-21(31-27-22)13-12-20(29)25-19-7-3-2-6-18(19)23(30)28-14-4-1-5-15-28/h2-3,6-11H,1,4-5,12-15H2,(H,25,29). The normalized spacial score (nSPS) is 13.8. The largest absolute Gasteiger partial charge is 0.339 e. The number of carbonyl (C=O) groups excluding carboxylic acids is 2. The number of halogens is 1. The van der Waals surface area contributed by atoms with E-state index in [9.17, 15) is 9.59 Å². The predicted octanol–water partition coefficient (Wildman–Crippen LogP) is 4.59. The number of piperidine rings is 1. The topological polar surface area (TPSA) is 88.3 Å². The van der Waals surface area contributed by atoms with Gasteiger partial charge in [-0.2, -0.15) is 4.98 Å². The van der Waals surface area contributed by atoms with Gasteiger partial charge in [-0.1, -0.05) is 28.9 Å². The Morgan fingerprint density at radius 3 is 2.55 bits per heavy atom. The minimum absolute atomic E-state index is 0.0416. The molecule has 2 heterocycles. The number of aromatic nitrogens is 2. The number of aryl methyl sites for hydroxylation is 1. The van der Waals surface area contributed by atoms with Crippen molar-refractivity contribution < 1.29 is 14.1 Å². The summed E-state index contributed by atoms with van der Waals surface area (Å²) < 4.78 is 5.26. The number of rotatable bonds is 6. The van der Waals surface area contributed by atoms with E-state index < -0.39 is 0 Å². The smallest absolute Gasteiger partial charge is 0.255 e. The molecule has 0 spiro atoms. The number of hydrogen-bond donors (Lipinski definition) is 1. The van der Waals surface area contributed by atoms with Gasteiger partial charge in [-0.15, -0.1) is 0 Å². The molecule has 1 aliphatic rings. The van der Waals surface area contributed by atoms with Crippen molar-refractivity contribution in [3.05, 3.63) is 65.0 Å². The van der Waals surface area contributed by atoms with Crippen molar-refractivity contribution in [3.63, 3.8) is 0 Å². The number of nitrogens with one attached hydrogen (secondary N) is 1. The van der Waals surface area contributed by atoms with Crippen LogP contribution in [0.1, 0.15) is 41.9 Å². The van der Waals surface area contributed by atoms with Gasteiger partial charge < -0.3 is 14.7 Å². The van der Waals surface area contributed by atoms with Gasteiger partial charge in [0.1, 0.15) is 0 Å². The molecule has 0 saturated carbocycles. The first-order valence-corrected chi connectivity index (χ1v) is 10.7. The maximum Gasteiger partial charge on any atom is 0.255 e. The van der Waals surface area contributed by atoms with Crippen molar-refractivity contribution in [2.45, 2.75) is 32.1 Å². The van der Waals surface area contributed by atoms with E-state index in [0.717, 1.165) is 37.9 Å². The second-order valence-corrected chi connectivity index (χ2v) is 7.90. The van der Waals surface area contributed by atoms with Crippen molar-refractivity contribution in [1.29, 1.82) is 0 Å². The van der Waals surface area contributed by atoms with E-state index in [1.165, 1.54) is 0 Å². The van der Waals surface area contributed by atoms with Crippen LogP contribution in [0.5, 0.6) is 0 Å². The molecule has 2 aromatic carbocycles. The molecule has 3 aromatic rings. The fourth-order valence-corrected chi connectivity index (χ4v) is 3.68. The summed E-state index contributed by atoms with van der Waals surface area (Å²) in [7, 11) is 0. The summed E-state index contributed by atoms with van der Waals surface area (Å²) in [6.45, 7) is 1.52. The van der Waals surface area contributed by atoms with Crippen LogP contribution in [0.3, 0.4) is 0 Å². The Morgan fingerprint density at radius 1 is 1.03 bits per heavy atom. The highest BCUT2D eigenvalue weighted by molar-refractivity contribution is 6.30. The summed E-state index contributed by atoms with van der Waals surface area (Å²) in [6.07, 6.45) is 3.64. The molecule has 0 bridgehead atoms. The summed E-state index contributed by atoms with van der Waals surface area (Å²) in [5.41, 5.74) is 1.82. The van der Waals surface area contributed by atoms with Gasteiger partial charge in [0.25, 0.3) is 5.91 Å². The van der Waals surface area contributed by atoms with Crippen LogP contribution < -0.4 is 5.32 Å². The Bertz CT molecular complexity index is 1060. The number of benzene rings is 2. The van der Waals surface area contributed by atoms with Gasteiger partial charge in [0.2, 0.25) is 17.6 Å². The SMILES string of the molecule is O=C(CCc1nc(-c2ccc(Cl)cc2)no1)Nc1ccccc1C(=O)N1CCCCC1.